The van der Waals surface area contributed by atoms with E-state index in [-0.39, 0.29) is 5.91 Å². The summed E-state index contributed by atoms with van der Waals surface area (Å²) in [6.45, 7) is 6.20. The van der Waals surface area contributed by atoms with Gasteiger partial charge in [0, 0.05) is 18.2 Å². The summed E-state index contributed by atoms with van der Waals surface area (Å²) in [7, 11) is 0. The second-order valence-electron chi connectivity index (χ2n) is 5.35. The SMILES string of the molecule is C=CCOc1cccc(NC(=O)CCc2ccc(CC)cc2)c1. The highest BCUT2D eigenvalue weighted by molar-refractivity contribution is 5.91. The lowest BCUT2D eigenvalue weighted by Gasteiger charge is -2.08. The van der Waals surface area contributed by atoms with Gasteiger partial charge in [0.25, 0.3) is 0 Å². The van der Waals surface area contributed by atoms with Crippen molar-refractivity contribution < 1.29 is 9.53 Å². The van der Waals surface area contributed by atoms with Crippen LogP contribution in [0.5, 0.6) is 5.75 Å². The molecule has 0 fully saturated rings. The van der Waals surface area contributed by atoms with Crippen LogP contribution in [0.25, 0.3) is 0 Å². The Morgan fingerprint density at radius 3 is 2.61 bits per heavy atom. The molecule has 23 heavy (non-hydrogen) atoms. The summed E-state index contributed by atoms with van der Waals surface area (Å²) in [6.07, 6.45) is 3.92. The van der Waals surface area contributed by atoms with Gasteiger partial charge >= 0.3 is 0 Å². The van der Waals surface area contributed by atoms with Crippen LogP contribution in [0.1, 0.15) is 24.5 Å². The number of anilines is 1. The molecule has 0 atom stereocenters. The predicted molar refractivity (Wildman–Crippen MR) is 94.9 cm³/mol. The quantitative estimate of drug-likeness (QED) is 0.735. The van der Waals surface area contributed by atoms with Crippen LogP contribution in [0.3, 0.4) is 0 Å². The summed E-state index contributed by atoms with van der Waals surface area (Å²) >= 11 is 0. The van der Waals surface area contributed by atoms with Crippen LogP contribution in [0.4, 0.5) is 5.69 Å². The Morgan fingerprint density at radius 1 is 1.17 bits per heavy atom. The molecule has 0 spiro atoms. The molecule has 3 heteroatoms. The van der Waals surface area contributed by atoms with Crippen LogP contribution >= 0.6 is 0 Å². The summed E-state index contributed by atoms with van der Waals surface area (Å²) in [5.74, 6) is 0.725. The van der Waals surface area contributed by atoms with Crippen molar-refractivity contribution in [1.82, 2.24) is 0 Å². The maximum atomic E-state index is 12.1. The number of aryl methyl sites for hydroxylation is 2. The topological polar surface area (TPSA) is 38.3 Å². The lowest BCUT2D eigenvalue weighted by Crippen LogP contribution is -2.12. The molecular weight excluding hydrogens is 286 g/mol. The van der Waals surface area contributed by atoms with Crippen molar-refractivity contribution in [1.29, 1.82) is 0 Å². The third kappa shape index (κ3) is 5.62. The lowest BCUT2D eigenvalue weighted by molar-refractivity contribution is -0.116. The summed E-state index contributed by atoms with van der Waals surface area (Å²) in [5.41, 5.74) is 3.24. The van der Waals surface area contributed by atoms with E-state index in [1.165, 1.54) is 11.1 Å². The zero-order chi connectivity index (χ0) is 16.5. The molecule has 0 aliphatic carbocycles. The molecule has 0 aliphatic heterocycles. The van der Waals surface area contributed by atoms with Gasteiger partial charge in [-0.1, -0.05) is 49.9 Å². The van der Waals surface area contributed by atoms with Crippen LogP contribution in [0, 0.1) is 0 Å². The van der Waals surface area contributed by atoms with Gasteiger partial charge in [-0.25, -0.2) is 0 Å². The van der Waals surface area contributed by atoms with E-state index in [1.54, 1.807) is 6.08 Å². The largest absolute Gasteiger partial charge is 0.489 e. The highest BCUT2D eigenvalue weighted by Gasteiger charge is 2.04. The molecule has 0 unspecified atom stereocenters. The van der Waals surface area contributed by atoms with Crippen LogP contribution in [0.15, 0.2) is 61.2 Å². The van der Waals surface area contributed by atoms with E-state index in [1.807, 2.05) is 24.3 Å². The number of hydrogen-bond acceptors (Lipinski definition) is 2. The number of benzene rings is 2. The van der Waals surface area contributed by atoms with E-state index < -0.39 is 0 Å². The van der Waals surface area contributed by atoms with Crippen molar-refractivity contribution in [3.63, 3.8) is 0 Å². The number of nitrogens with one attached hydrogen (secondary N) is 1. The fraction of sp³-hybridized carbons (Fsp3) is 0.250. The molecule has 2 rings (SSSR count). The molecule has 1 N–H and O–H groups in total. The Kier molecular flexibility index (Phi) is 6.42. The lowest BCUT2D eigenvalue weighted by atomic mass is 10.1. The van der Waals surface area contributed by atoms with E-state index in [2.05, 4.69) is 43.1 Å². The fourth-order valence-corrected chi connectivity index (χ4v) is 2.24. The number of carbonyl (C=O) groups is 1. The van der Waals surface area contributed by atoms with Crippen molar-refractivity contribution in [3.8, 4) is 5.75 Å². The van der Waals surface area contributed by atoms with Crippen LogP contribution in [-0.2, 0) is 17.6 Å². The predicted octanol–water partition coefficient (Wildman–Crippen LogP) is 4.39. The van der Waals surface area contributed by atoms with Gasteiger partial charge in [-0.3, -0.25) is 4.79 Å². The van der Waals surface area contributed by atoms with Crippen molar-refractivity contribution in [2.75, 3.05) is 11.9 Å². The maximum Gasteiger partial charge on any atom is 0.224 e. The van der Waals surface area contributed by atoms with Gasteiger partial charge in [0.2, 0.25) is 5.91 Å². The molecule has 0 aromatic heterocycles. The van der Waals surface area contributed by atoms with Crippen molar-refractivity contribution in [2.45, 2.75) is 26.2 Å². The molecule has 120 valence electrons. The molecule has 0 saturated heterocycles. The number of rotatable bonds is 8. The molecule has 0 saturated carbocycles. The molecule has 0 bridgehead atoms. The number of hydrogen-bond donors (Lipinski definition) is 1. The summed E-state index contributed by atoms with van der Waals surface area (Å²) in [4.78, 5) is 12.1. The molecule has 0 radical (unpaired) electrons. The average molecular weight is 309 g/mol. The molecule has 0 heterocycles. The Bertz CT molecular complexity index is 647. The standard InChI is InChI=1S/C20H23NO2/c1-3-14-23-19-7-5-6-18(15-19)21-20(22)13-12-17-10-8-16(4-2)9-11-17/h3,5-11,15H,1,4,12-14H2,2H3,(H,21,22). The fourth-order valence-electron chi connectivity index (χ4n) is 2.24. The van der Waals surface area contributed by atoms with Crippen LogP contribution < -0.4 is 10.1 Å². The van der Waals surface area contributed by atoms with Crippen LogP contribution in [-0.4, -0.2) is 12.5 Å². The average Bonchev–Trinajstić information content (AvgIpc) is 2.59. The van der Waals surface area contributed by atoms with Gasteiger partial charge < -0.3 is 10.1 Å². The second-order valence-corrected chi connectivity index (χ2v) is 5.35. The third-order valence-corrected chi connectivity index (χ3v) is 3.56. The first kappa shape index (κ1) is 16.8. The van der Waals surface area contributed by atoms with E-state index >= 15 is 0 Å². The summed E-state index contributed by atoms with van der Waals surface area (Å²) in [5, 5.41) is 2.91. The van der Waals surface area contributed by atoms with E-state index in [0.29, 0.717) is 13.0 Å². The van der Waals surface area contributed by atoms with E-state index in [4.69, 9.17) is 4.74 Å². The molecule has 1 amide bonds. The summed E-state index contributed by atoms with van der Waals surface area (Å²) < 4.78 is 5.46. The maximum absolute atomic E-state index is 12.1. The van der Waals surface area contributed by atoms with Crippen molar-refractivity contribution in [2.24, 2.45) is 0 Å². The molecule has 3 nitrogen and oxygen atoms in total. The first-order valence-electron chi connectivity index (χ1n) is 7.92. The van der Waals surface area contributed by atoms with Gasteiger partial charge in [-0.05, 0) is 36.1 Å². The molecule has 0 aliphatic rings. The normalized spacial score (nSPS) is 10.1. The zero-order valence-corrected chi connectivity index (χ0v) is 13.5. The number of carbonyl (C=O) groups excluding carboxylic acids is 1. The monoisotopic (exact) mass is 309 g/mol. The number of ether oxygens (including phenoxy) is 1. The smallest absolute Gasteiger partial charge is 0.224 e. The van der Waals surface area contributed by atoms with Gasteiger partial charge in [0.15, 0.2) is 0 Å². The van der Waals surface area contributed by atoms with Crippen molar-refractivity contribution >= 4 is 11.6 Å². The van der Waals surface area contributed by atoms with Crippen LogP contribution in [0.2, 0.25) is 0 Å². The van der Waals surface area contributed by atoms with E-state index in [0.717, 1.165) is 24.3 Å². The number of amides is 1. The van der Waals surface area contributed by atoms with Gasteiger partial charge in [-0.2, -0.15) is 0 Å². The first-order chi connectivity index (χ1) is 11.2. The van der Waals surface area contributed by atoms with Gasteiger partial charge in [0.1, 0.15) is 12.4 Å². The van der Waals surface area contributed by atoms with Crippen molar-refractivity contribution in [3.05, 3.63) is 72.3 Å². The Morgan fingerprint density at radius 2 is 1.91 bits per heavy atom. The highest BCUT2D eigenvalue weighted by Crippen LogP contribution is 2.18. The Balaban J connectivity index is 1.85. The first-order valence-corrected chi connectivity index (χ1v) is 7.92. The van der Waals surface area contributed by atoms with E-state index in [9.17, 15) is 4.79 Å². The van der Waals surface area contributed by atoms with Gasteiger partial charge in [-0.15, -0.1) is 0 Å². The molecule has 2 aromatic rings. The highest BCUT2D eigenvalue weighted by atomic mass is 16.5. The zero-order valence-electron chi connectivity index (χ0n) is 13.5. The molecular formula is C20H23NO2. The Labute approximate surface area is 138 Å². The minimum absolute atomic E-state index is 0.00504. The minimum atomic E-state index is 0.00504. The third-order valence-electron chi connectivity index (χ3n) is 3.56. The summed E-state index contributed by atoms with van der Waals surface area (Å²) in [6, 6.07) is 15.8. The molecule has 2 aromatic carbocycles. The second kappa shape index (κ2) is 8.79. The van der Waals surface area contributed by atoms with Gasteiger partial charge in [0.05, 0.1) is 0 Å². The minimum Gasteiger partial charge on any atom is -0.489 e. The Hall–Kier alpha value is -2.55.